The van der Waals surface area contributed by atoms with Gasteiger partial charge in [-0.2, -0.15) is 4.57 Å². The molecular formula is C18H18N3+. The maximum atomic E-state index is 3.50. The zero-order valence-corrected chi connectivity index (χ0v) is 11.7. The van der Waals surface area contributed by atoms with E-state index in [-0.39, 0.29) is 6.29 Å². The Morgan fingerprint density at radius 2 is 1.00 bits per heavy atom. The number of para-hydroxylation sites is 2. The summed E-state index contributed by atoms with van der Waals surface area (Å²) in [7, 11) is 0. The van der Waals surface area contributed by atoms with Gasteiger partial charge >= 0.3 is 6.29 Å². The van der Waals surface area contributed by atoms with Crippen molar-refractivity contribution in [3.05, 3.63) is 91.3 Å². The molecule has 1 aromatic heterocycles. The van der Waals surface area contributed by atoms with Crippen molar-refractivity contribution >= 4 is 11.4 Å². The Balaban J connectivity index is 1.84. The first-order valence-corrected chi connectivity index (χ1v) is 7.01. The van der Waals surface area contributed by atoms with Crippen LogP contribution in [0.5, 0.6) is 0 Å². The largest absolute Gasteiger partial charge is 0.311 e. The van der Waals surface area contributed by atoms with Crippen LogP contribution in [0.3, 0.4) is 0 Å². The molecule has 21 heavy (non-hydrogen) atoms. The molecule has 0 atom stereocenters. The monoisotopic (exact) mass is 276 g/mol. The molecule has 3 heteroatoms. The lowest BCUT2D eigenvalue weighted by Crippen LogP contribution is -2.47. The van der Waals surface area contributed by atoms with Crippen LogP contribution in [0.2, 0.25) is 0 Å². The molecule has 1 heterocycles. The van der Waals surface area contributed by atoms with Crippen molar-refractivity contribution < 1.29 is 4.57 Å². The first-order chi connectivity index (χ1) is 10.4. The summed E-state index contributed by atoms with van der Waals surface area (Å²) in [5.41, 5.74) is 2.14. The van der Waals surface area contributed by atoms with Gasteiger partial charge in [-0.15, -0.1) is 0 Å². The molecule has 2 aromatic carbocycles. The SMILES string of the molecule is c1ccc(NC(Nc2ccccc2)[n+]2ccccc2)cc1. The molecule has 3 nitrogen and oxygen atoms in total. The predicted octanol–water partition coefficient (Wildman–Crippen LogP) is 3.65. The molecule has 0 fully saturated rings. The Kier molecular flexibility index (Phi) is 4.12. The number of nitrogens with one attached hydrogen (secondary N) is 2. The number of pyridine rings is 1. The number of nitrogens with zero attached hydrogens (tertiary/aromatic N) is 1. The van der Waals surface area contributed by atoms with Crippen LogP contribution in [-0.2, 0) is 0 Å². The number of anilines is 2. The summed E-state index contributed by atoms with van der Waals surface area (Å²) in [6.07, 6.45) is 4.02. The van der Waals surface area contributed by atoms with E-state index in [2.05, 4.69) is 39.5 Å². The molecule has 0 saturated heterocycles. The topological polar surface area (TPSA) is 27.9 Å². The van der Waals surface area contributed by atoms with E-state index in [4.69, 9.17) is 0 Å². The minimum Gasteiger partial charge on any atom is -0.309 e. The van der Waals surface area contributed by atoms with Gasteiger partial charge in [0, 0.05) is 23.5 Å². The lowest BCUT2D eigenvalue weighted by molar-refractivity contribution is -0.711. The molecule has 0 aliphatic rings. The molecule has 3 aromatic rings. The van der Waals surface area contributed by atoms with E-state index in [1.54, 1.807) is 0 Å². The summed E-state index contributed by atoms with van der Waals surface area (Å²) in [5.74, 6) is 0. The van der Waals surface area contributed by atoms with Gasteiger partial charge < -0.3 is 10.6 Å². The van der Waals surface area contributed by atoms with Crippen LogP contribution in [0, 0.1) is 0 Å². The van der Waals surface area contributed by atoms with Gasteiger partial charge in [0.25, 0.3) is 0 Å². The lowest BCUT2D eigenvalue weighted by atomic mass is 10.3. The van der Waals surface area contributed by atoms with Crippen LogP contribution in [0.1, 0.15) is 6.29 Å². The van der Waals surface area contributed by atoms with Gasteiger partial charge in [0.05, 0.1) is 0 Å². The van der Waals surface area contributed by atoms with Crippen molar-refractivity contribution in [2.45, 2.75) is 6.29 Å². The first-order valence-electron chi connectivity index (χ1n) is 7.01. The van der Waals surface area contributed by atoms with Gasteiger partial charge in [-0.3, -0.25) is 0 Å². The van der Waals surface area contributed by atoms with Gasteiger partial charge in [0.1, 0.15) is 0 Å². The molecule has 0 unspecified atom stereocenters. The molecule has 104 valence electrons. The van der Waals surface area contributed by atoms with Crippen molar-refractivity contribution in [3.8, 4) is 0 Å². The van der Waals surface area contributed by atoms with Crippen molar-refractivity contribution in [2.75, 3.05) is 10.6 Å². The Labute approximate surface area is 124 Å². The summed E-state index contributed by atoms with van der Waals surface area (Å²) in [6.45, 7) is 0. The zero-order valence-electron chi connectivity index (χ0n) is 11.7. The van der Waals surface area contributed by atoms with Crippen LogP contribution in [-0.4, -0.2) is 0 Å². The van der Waals surface area contributed by atoms with Crippen molar-refractivity contribution in [1.29, 1.82) is 0 Å². The van der Waals surface area contributed by atoms with Crippen LogP contribution in [0.15, 0.2) is 91.3 Å². The maximum absolute atomic E-state index is 3.50. The number of rotatable bonds is 5. The zero-order chi connectivity index (χ0) is 14.3. The summed E-state index contributed by atoms with van der Waals surface area (Å²) in [5, 5.41) is 6.99. The Hall–Kier alpha value is -2.81. The van der Waals surface area contributed by atoms with Crippen LogP contribution in [0.4, 0.5) is 11.4 Å². The van der Waals surface area contributed by atoms with E-state index in [9.17, 15) is 0 Å². The quantitative estimate of drug-likeness (QED) is 0.550. The van der Waals surface area contributed by atoms with Gasteiger partial charge in [-0.1, -0.05) is 42.5 Å². The molecule has 3 rings (SSSR count). The second-order valence-corrected chi connectivity index (χ2v) is 4.75. The minimum absolute atomic E-state index is 0.0593. The van der Waals surface area contributed by atoms with E-state index >= 15 is 0 Å². The van der Waals surface area contributed by atoms with Gasteiger partial charge in [-0.05, 0) is 24.3 Å². The molecule has 0 saturated carbocycles. The highest BCUT2D eigenvalue weighted by Gasteiger charge is 2.16. The van der Waals surface area contributed by atoms with E-state index in [0.29, 0.717) is 0 Å². The third kappa shape index (κ3) is 3.60. The second-order valence-electron chi connectivity index (χ2n) is 4.75. The molecule has 0 spiro atoms. The average molecular weight is 276 g/mol. The van der Waals surface area contributed by atoms with E-state index in [1.165, 1.54) is 0 Å². The first kappa shape index (κ1) is 13.2. The number of hydrogen-bond donors (Lipinski definition) is 2. The maximum Gasteiger partial charge on any atom is 0.311 e. The standard InChI is InChI=1S/C18H18N3/c1-4-10-16(11-5-1)19-18(21-14-8-3-9-15-21)20-17-12-6-2-7-13-17/h1-15,18-20H/q+1. The Morgan fingerprint density at radius 3 is 1.48 bits per heavy atom. The Bertz CT molecular complexity index is 612. The normalized spacial score (nSPS) is 10.3. The summed E-state index contributed by atoms with van der Waals surface area (Å²) in [4.78, 5) is 0. The van der Waals surface area contributed by atoms with Crippen LogP contribution in [0.25, 0.3) is 0 Å². The number of aromatic nitrogens is 1. The number of benzene rings is 2. The highest BCUT2D eigenvalue weighted by Crippen LogP contribution is 2.13. The minimum atomic E-state index is -0.0593. The third-order valence-corrected chi connectivity index (χ3v) is 3.19. The highest BCUT2D eigenvalue weighted by atomic mass is 15.3. The summed E-state index contributed by atoms with van der Waals surface area (Å²) >= 11 is 0. The van der Waals surface area contributed by atoms with Gasteiger partial charge in [-0.25, -0.2) is 0 Å². The smallest absolute Gasteiger partial charge is 0.309 e. The summed E-state index contributed by atoms with van der Waals surface area (Å²) < 4.78 is 2.10. The Morgan fingerprint density at radius 1 is 0.571 bits per heavy atom. The fourth-order valence-electron chi connectivity index (χ4n) is 2.15. The second kappa shape index (κ2) is 6.57. The lowest BCUT2D eigenvalue weighted by Gasteiger charge is -2.17. The van der Waals surface area contributed by atoms with Crippen molar-refractivity contribution in [2.24, 2.45) is 0 Å². The molecule has 0 bridgehead atoms. The van der Waals surface area contributed by atoms with Crippen LogP contribution >= 0.6 is 0 Å². The molecule has 0 radical (unpaired) electrons. The average Bonchev–Trinajstić information content (AvgIpc) is 2.57. The fraction of sp³-hybridized carbons (Fsp3) is 0.0556. The van der Waals surface area contributed by atoms with Crippen LogP contribution < -0.4 is 15.2 Å². The summed E-state index contributed by atoms with van der Waals surface area (Å²) in [6, 6.07) is 26.4. The highest BCUT2D eigenvalue weighted by molar-refractivity contribution is 5.47. The molecule has 0 aliphatic heterocycles. The van der Waals surface area contributed by atoms with Gasteiger partial charge in [0.2, 0.25) is 0 Å². The molecule has 0 amide bonds. The van der Waals surface area contributed by atoms with E-state index in [1.807, 2.05) is 67.0 Å². The van der Waals surface area contributed by atoms with E-state index in [0.717, 1.165) is 11.4 Å². The molecule has 2 N–H and O–H groups in total. The van der Waals surface area contributed by atoms with Gasteiger partial charge in [0.15, 0.2) is 12.4 Å². The fourth-order valence-corrected chi connectivity index (χ4v) is 2.15. The molecular weight excluding hydrogens is 258 g/mol. The number of hydrogen-bond acceptors (Lipinski definition) is 2. The van der Waals surface area contributed by atoms with E-state index < -0.39 is 0 Å². The van der Waals surface area contributed by atoms with Crippen molar-refractivity contribution in [1.82, 2.24) is 0 Å². The van der Waals surface area contributed by atoms with Crippen molar-refractivity contribution in [3.63, 3.8) is 0 Å². The molecule has 0 aliphatic carbocycles. The predicted molar refractivity (Wildman–Crippen MR) is 85.8 cm³/mol. The third-order valence-electron chi connectivity index (χ3n) is 3.19.